The Morgan fingerprint density at radius 2 is 1.88 bits per heavy atom. The van der Waals surface area contributed by atoms with Gasteiger partial charge in [-0.05, 0) is 37.1 Å². The average Bonchev–Trinajstić information content (AvgIpc) is 3.42. The maximum Gasteiger partial charge on any atom is 0.274 e. The van der Waals surface area contributed by atoms with Gasteiger partial charge in [0.1, 0.15) is 5.69 Å². The van der Waals surface area contributed by atoms with Gasteiger partial charge in [-0.15, -0.1) is 0 Å². The van der Waals surface area contributed by atoms with Crippen LogP contribution in [-0.2, 0) is 11.3 Å². The number of anilines is 1. The van der Waals surface area contributed by atoms with Gasteiger partial charge in [0.15, 0.2) is 0 Å². The number of rotatable bonds is 6. The molecule has 3 aromatic rings. The molecule has 1 aliphatic rings. The van der Waals surface area contributed by atoms with Gasteiger partial charge >= 0.3 is 0 Å². The quantitative estimate of drug-likeness (QED) is 0.729. The van der Waals surface area contributed by atoms with Gasteiger partial charge in [0.2, 0.25) is 0 Å². The fourth-order valence-electron chi connectivity index (χ4n) is 3.02. The van der Waals surface area contributed by atoms with Crippen LogP contribution in [-0.4, -0.2) is 22.8 Å². The minimum absolute atomic E-state index is 0.170. The van der Waals surface area contributed by atoms with E-state index < -0.39 is 0 Å². The van der Waals surface area contributed by atoms with E-state index in [1.165, 1.54) is 0 Å². The summed E-state index contributed by atoms with van der Waals surface area (Å²) >= 11 is 0. The van der Waals surface area contributed by atoms with E-state index in [-0.39, 0.29) is 5.91 Å². The van der Waals surface area contributed by atoms with Crippen LogP contribution in [0.25, 0.3) is 5.69 Å². The van der Waals surface area contributed by atoms with Gasteiger partial charge in [-0.1, -0.05) is 36.4 Å². The van der Waals surface area contributed by atoms with E-state index >= 15 is 0 Å². The van der Waals surface area contributed by atoms with Gasteiger partial charge in [0.25, 0.3) is 5.91 Å². The second-order valence-corrected chi connectivity index (χ2v) is 6.52. The van der Waals surface area contributed by atoms with Crippen molar-refractivity contribution >= 4 is 11.6 Å². The SMILES string of the molecule is COCc1ccccc1NC(=O)c1cc(C2CC2)nn1-c1ccccc1. The molecule has 1 saturated carbocycles. The number of nitrogens with zero attached hydrogens (tertiary/aromatic N) is 2. The molecule has 26 heavy (non-hydrogen) atoms. The van der Waals surface area contributed by atoms with Crippen molar-refractivity contribution < 1.29 is 9.53 Å². The van der Waals surface area contributed by atoms with Gasteiger partial charge in [0, 0.05) is 24.3 Å². The highest BCUT2D eigenvalue weighted by Gasteiger charge is 2.29. The molecule has 4 rings (SSSR count). The number of methoxy groups -OCH3 is 1. The lowest BCUT2D eigenvalue weighted by Crippen LogP contribution is -2.18. The van der Waals surface area contributed by atoms with Gasteiger partial charge in [0.05, 0.1) is 18.0 Å². The van der Waals surface area contributed by atoms with Crippen LogP contribution in [0, 0.1) is 0 Å². The Hall–Kier alpha value is -2.92. The molecule has 132 valence electrons. The van der Waals surface area contributed by atoms with Crippen LogP contribution in [0.3, 0.4) is 0 Å². The number of hydrogen-bond donors (Lipinski definition) is 1. The van der Waals surface area contributed by atoms with Crippen LogP contribution < -0.4 is 5.32 Å². The lowest BCUT2D eigenvalue weighted by Gasteiger charge is -2.11. The van der Waals surface area contributed by atoms with E-state index in [1.807, 2.05) is 60.7 Å². The zero-order chi connectivity index (χ0) is 17.9. The fourth-order valence-corrected chi connectivity index (χ4v) is 3.02. The fraction of sp³-hybridized carbons (Fsp3) is 0.238. The summed E-state index contributed by atoms with van der Waals surface area (Å²) in [4.78, 5) is 13.0. The predicted molar refractivity (Wildman–Crippen MR) is 101 cm³/mol. The summed E-state index contributed by atoms with van der Waals surface area (Å²) in [7, 11) is 1.64. The smallest absolute Gasteiger partial charge is 0.274 e. The molecular weight excluding hydrogens is 326 g/mol. The average molecular weight is 347 g/mol. The molecule has 0 bridgehead atoms. The van der Waals surface area contributed by atoms with Crippen LogP contribution in [0.2, 0.25) is 0 Å². The number of para-hydroxylation sites is 2. The first-order valence-electron chi connectivity index (χ1n) is 8.80. The number of carbonyl (C=O) groups excluding carboxylic acids is 1. The van der Waals surface area contributed by atoms with Crippen LogP contribution in [0.1, 0.15) is 40.5 Å². The van der Waals surface area contributed by atoms with Crippen molar-refractivity contribution in [3.05, 3.63) is 77.6 Å². The number of benzene rings is 2. The largest absolute Gasteiger partial charge is 0.380 e. The van der Waals surface area contributed by atoms with Gasteiger partial charge in [-0.2, -0.15) is 5.10 Å². The Balaban J connectivity index is 1.67. The Morgan fingerprint density at radius 3 is 2.62 bits per heavy atom. The Morgan fingerprint density at radius 1 is 1.15 bits per heavy atom. The summed E-state index contributed by atoms with van der Waals surface area (Å²) in [6.45, 7) is 0.446. The second-order valence-electron chi connectivity index (χ2n) is 6.52. The van der Waals surface area contributed by atoms with Crippen molar-refractivity contribution in [2.45, 2.75) is 25.4 Å². The molecule has 1 N–H and O–H groups in total. The minimum Gasteiger partial charge on any atom is -0.380 e. The summed E-state index contributed by atoms with van der Waals surface area (Å²) < 4.78 is 6.96. The number of carbonyl (C=O) groups is 1. The zero-order valence-corrected chi connectivity index (χ0v) is 14.7. The maximum atomic E-state index is 13.0. The third-order valence-electron chi connectivity index (χ3n) is 4.52. The lowest BCUT2D eigenvalue weighted by atomic mass is 10.2. The Bertz CT molecular complexity index is 914. The molecule has 1 aliphatic carbocycles. The number of ether oxygens (including phenoxy) is 1. The molecule has 1 aromatic heterocycles. The van der Waals surface area contributed by atoms with Crippen molar-refractivity contribution in [1.29, 1.82) is 0 Å². The van der Waals surface area contributed by atoms with E-state index in [4.69, 9.17) is 9.84 Å². The van der Waals surface area contributed by atoms with E-state index in [9.17, 15) is 4.79 Å². The van der Waals surface area contributed by atoms with E-state index in [0.717, 1.165) is 35.5 Å². The highest BCUT2D eigenvalue weighted by molar-refractivity contribution is 6.04. The lowest BCUT2D eigenvalue weighted by molar-refractivity contribution is 0.101. The molecule has 2 aromatic carbocycles. The van der Waals surface area contributed by atoms with Crippen molar-refractivity contribution in [2.24, 2.45) is 0 Å². The number of hydrogen-bond acceptors (Lipinski definition) is 3. The maximum absolute atomic E-state index is 13.0. The number of nitrogens with one attached hydrogen (secondary N) is 1. The third-order valence-corrected chi connectivity index (χ3v) is 4.52. The van der Waals surface area contributed by atoms with Gasteiger partial charge in [-0.3, -0.25) is 4.79 Å². The Kier molecular flexibility index (Phi) is 4.54. The van der Waals surface area contributed by atoms with Crippen LogP contribution in [0.4, 0.5) is 5.69 Å². The van der Waals surface area contributed by atoms with Crippen LogP contribution >= 0.6 is 0 Å². The summed E-state index contributed by atoms with van der Waals surface area (Å²) in [6, 6.07) is 19.3. The normalized spacial score (nSPS) is 13.6. The van der Waals surface area contributed by atoms with Crippen molar-refractivity contribution in [3.8, 4) is 5.69 Å². The van der Waals surface area contributed by atoms with Crippen molar-refractivity contribution in [3.63, 3.8) is 0 Å². The molecule has 1 heterocycles. The molecule has 0 spiro atoms. The van der Waals surface area contributed by atoms with Crippen LogP contribution in [0.5, 0.6) is 0 Å². The first-order valence-corrected chi connectivity index (χ1v) is 8.80. The summed E-state index contributed by atoms with van der Waals surface area (Å²) in [5, 5.41) is 7.71. The summed E-state index contributed by atoms with van der Waals surface area (Å²) in [5.41, 5.74) is 4.12. The summed E-state index contributed by atoms with van der Waals surface area (Å²) in [6.07, 6.45) is 2.28. The standard InChI is InChI=1S/C21H21N3O2/c1-26-14-16-7-5-6-10-18(16)22-21(25)20-13-19(15-11-12-15)23-24(20)17-8-3-2-4-9-17/h2-10,13,15H,11-12,14H2,1H3,(H,22,25). The molecule has 0 atom stereocenters. The first kappa shape index (κ1) is 16.5. The molecule has 0 radical (unpaired) electrons. The van der Waals surface area contributed by atoms with E-state index in [2.05, 4.69) is 5.32 Å². The van der Waals surface area contributed by atoms with E-state index in [1.54, 1.807) is 11.8 Å². The van der Waals surface area contributed by atoms with Gasteiger partial charge in [-0.25, -0.2) is 4.68 Å². The number of aromatic nitrogens is 2. The molecule has 1 amide bonds. The topological polar surface area (TPSA) is 56.1 Å². The predicted octanol–water partition coefficient (Wildman–Crippen LogP) is 4.15. The summed E-state index contributed by atoms with van der Waals surface area (Å²) in [5.74, 6) is 0.309. The number of amides is 1. The zero-order valence-electron chi connectivity index (χ0n) is 14.7. The van der Waals surface area contributed by atoms with Crippen molar-refractivity contribution in [2.75, 3.05) is 12.4 Å². The highest BCUT2D eigenvalue weighted by atomic mass is 16.5. The molecule has 0 unspecified atom stereocenters. The molecule has 0 saturated heterocycles. The Labute approximate surface area is 152 Å². The third kappa shape index (κ3) is 3.39. The highest BCUT2D eigenvalue weighted by Crippen LogP contribution is 2.39. The molecule has 1 fully saturated rings. The second kappa shape index (κ2) is 7.14. The van der Waals surface area contributed by atoms with Gasteiger partial charge < -0.3 is 10.1 Å². The van der Waals surface area contributed by atoms with E-state index in [0.29, 0.717) is 18.2 Å². The molecule has 5 heteroatoms. The van der Waals surface area contributed by atoms with Crippen LogP contribution in [0.15, 0.2) is 60.7 Å². The molecule has 5 nitrogen and oxygen atoms in total. The monoisotopic (exact) mass is 347 g/mol. The first-order chi connectivity index (χ1) is 12.8. The molecular formula is C21H21N3O2. The molecule has 0 aliphatic heterocycles. The minimum atomic E-state index is -0.170. The van der Waals surface area contributed by atoms with Crippen molar-refractivity contribution in [1.82, 2.24) is 9.78 Å².